The molecule has 0 saturated heterocycles. The maximum atomic E-state index is 11.9. The molecule has 0 amide bonds. The Labute approximate surface area is 445 Å². The third-order valence-corrected chi connectivity index (χ3v) is 15.2. The van der Waals surface area contributed by atoms with E-state index in [0.29, 0.717) is 68.6 Å². The average Bonchev–Trinajstić information content (AvgIpc) is 3.51. The molecule has 0 radical (unpaired) electrons. The van der Waals surface area contributed by atoms with Crippen LogP contribution in [0.5, 0.6) is 0 Å². The average molecular weight is 997 g/mol. The molecule has 0 N–H and O–H groups in total. The largest absolute Gasteiger partial charge is 1.00 e. The van der Waals surface area contributed by atoms with Crippen molar-refractivity contribution < 1.29 is 145 Å². The molecule has 22 heteroatoms. The minimum atomic E-state index is -4.73. The molecule has 3 aliphatic rings. The zero-order valence-corrected chi connectivity index (χ0v) is 46.4. The van der Waals surface area contributed by atoms with Gasteiger partial charge in [0.15, 0.2) is 12.3 Å². The Kier molecular flexibility index (Phi) is 17.3. The van der Waals surface area contributed by atoms with Gasteiger partial charge in [0, 0.05) is 46.1 Å². The van der Waals surface area contributed by atoms with Crippen LogP contribution in [0.4, 0.5) is 11.4 Å². The Bertz CT molecular complexity index is 3200. The van der Waals surface area contributed by atoms with E-state index in [1.165, 1.54) is 24.3 Å². The first kappa shape index (κ1) is 55.4. The normalized spacial score (nSPS) is 18.7. The van der Waals surface area contributed by atoms with Crippen molar-refractivity contribution in [3.63, 3.8) is 0 Å². The summed E-state index contributed by atoms with van der Waals surface area (Å²) in [5.41, 5.74) is 3.95. The topological polar surface area (TPSA) is 235 Å². The van der Waals surface area contributed by atoms with Crippen molar-refractivity contribution in [1.82, 2.24) is 0 Å². The molecule has 0 saturated carbocycles. The van der Waals surface area contributed by atoms with Crippen molar-refractivity contribution in [3.05, 3.63) is 118 Å². The summed E-state index contributed by atoms with van der Waals surface area (Å²) >= 11 is 7.12. The Hall–Kier alpha value is -1.24. The summed E-state index contributed by atoms with van der Waals surface area (Å²) in [6.45, 7) is 7.35. The summed E-state index contributed by atoms with van der Waals surface area (Å²) in [7, 11) is -18.7. The van der Waals surface area contributed by atoms with Gasteiger partial charge in [0.25, 0.3) is 0 Å². The number of anilines is 1. The van der Waals surface area contributed by atoms with Crippen molar-refractivity contribution >= 4 is 90.7 Å². The van der Waals surface area contributed by atoms with E-state index in [4.69, 9.17) is 11.6 Å². The fraction of sp³-hybridized carbons (Fsp3) is 0.310. The van der Waals surface area contributed by atoms with Gasteiger partial charge in [0.1, 0.15) is 30.4 Å². The SMILES string of the molecule is CC1(C)C(/C=C/C2=C(Cl)C(=C/C=C3\N(CCS(=O)(=O)[O-])c4ccc5cc(S(=O)(=O)[O-])ccc5c4C3(C)C)/CCC2)=[N+](CCS(=O)(=O)[O-])c2ccc3cc(S(=O)(=O)[O-])ccc3c21.[Na+].[Na+].[Na+]. The molecule has 2 heterocycles. The first-order valence-corrected chi connectivity index (χ1v) is 25.4. The number of hydrogen-bond acceptors (Lipinski definition) is 13. The van der Waals surface area contributed by atoms with Gasteiger partial charge in [0.05, 0.1) is 36.8 Å². The smallest absolute Gasteiger partial charge is 0.748 e. The quantitative estimate of drug-likeness (QED) is 0.0836. The van der Waals surface area contributed by atoms with Crippen molar-refractivity contribution in [2.24, 2.45) is 0 Å². The van der Waals surface area contributed by atoms with Gasteiger partial charge in [0.2, 0.25) is 5.69 Å². The van der Waals surface area contributed by atoms with Crippen LogP contribution < -0.4 is 93.6 Å². The molecule has 1 aliphatic carbocycles. The minimum Gasteiger partial charge on any atom is -0.748 e. The summed E-state index contributed by atoms with van der Waals surface area (Å²) in [4.78, 5) is 0.970. The Morgan fingerprint density at radius 3 is 1.77 bits per heavy atom. The number of benzene rings is 4. The monoisotopic (exact) mass is 996 g/mol. The van der Waals surface area contributed by atoms with Crippen molar-refractivity contribution in [3.8, 4) is 0 Å². The number of nitrogens with zero attached hydrogens (tertiary/aromatic N) is 2. The zero-order valence-electron chi connectivity index (χ0n) is 36.3. The third kappa shape index (κ3) is 11.3. The van der Waals surface area contributed by atoms with E-state index in [0.717, 1.165) is 22.3 Å². The van der Waals surface area contributed by atoms with Crippen LogP contribution in [-0.4, -0.2) is 86.8 Å². The fourth-order valence-electron chi connectivity index (χ4n) is 8.91. The molecule has 324 valence electrons. The third-order valence-electron chi connectivity index (χ3n) is 11.7. The van der Waals surface area contributed by atoms with Crippen LogP contribution in [0.1, 0.15) is 58.1 Å². The number of allylic oxidation sites excluding steroid dienone is 8. The molecule has 4 aromatic rings. The number of halogens is 1. The number of rotatable bonds is 11. The molecule has 0 bridgehead atoms. The maximum Gasteiger partial charge on any atom is 1.00 e. The maximum absolute atomic E-state index is 11.9. The van der Waals surface area contributed by atoms with Crippen molar-refractivity contribution in [2.75, 3.05) is 29.5 Å². The van der Waals surface area contributed by atoms with Crippen LogP contribution in [-0.2, 0) is 51.3 Å². The molecule has 0 unspecified atom stereocenters. The van der Waals surface area contributed by atoms with Gasteiger partial charge >= 0.3 is 88.7 Å². The second-order valence-electron chi connectivity index (χ2n) is 16.3. The van der Waals surface area contributed by atoms with E-state index in [-0.39, 0.29) is 112 Å². The molecule has 4 aromatic carbocycles. The van der Waals surface area contributed by atoms with Crippen LogP contribution in [0.3, 0.4) is 0 Å². The standard InChI is InChI=1S/C42H43ClN2O12S4.3Na/c1-41(2)36(44(20-22-58(46,47)48)34-16-8-28-24-30(60(52,53)54)12-14-32(28)38(34)41)18-10-26-6-5-7-27(40(26)43)11-19-37-42(3,4)39-33-15-13-31(61(55,56)57)25-29(33)9-17-35(39)45(37)21-23-59(49,50)51;;;/h8-19,24-25H,5-7,20-23H2,1-4H3,(H3-,46,47,48,49,50,51,52,53,54,55,56,57);;;/q;3*+1/p-3. The van der Waals surface area contributed by atoms with Crippen molar-refractivity contribution in [1.29, 1.82) is 0 Å². The van der Waals surface area contributed by atoms with Gasteiger partial charge in [-0.25, -0.2) is 33.7 Å². The molecule has 64 heavy (non-hydrogen) atoms. The summed E-state index contributed by atoms with van der Waals surface area (Å²) in [5, 5.41) is 2.73. The van der Waals surface area contributed by atoms with Crippen LogP contribution in [0.15, 0.2) is 117 Å². The fourth-order valence-corrected chi connectivity index (χ4v) is 11.0. The minimum absolute atomic E-state index is 0. The predicted molar refractivity (Wildman–Crippen MR) is 228 cm³/mol. The van der Waals surface area contributed by atoms with Crippen LogP contribution >= 0.6 is 11.6 Å². The molecule has 0 fully saturated rings. The molecular weight excluding hydrogens is 957 g/mol. The molecule has 0 spiro atoms. The number of fused-ring (bicyclic) bond motifs is 6. The summed E-state index contributed by atoms with van der Waals surface area (Å²) < 4.78 is 144. The molecule has 2 aliphatic heterocycles. The predicted octanol–water partition coefficient (Wildman–Crippen LogP) is -2.88. The van der Waals surface area contributed by atoms with Gasteiger partial charge in [-0.15, -0.1) is 0 Å². The van der Waals surface area contributed by atoms with Crippen LogP contribution in [0.25, 0.3) is 21.5 Å². The number of hydrogen-bond donors (Lipinski definition) is 0. The van der Waals surface area contributed by atoms with Gasteiger partial charge in [-0.3, -0.25) is 0 Å². The summed E-state index contributed by atoms with van der Waals surface area (Å²) in [6, 6.07) is 14.8. The molecule has 7 rings (SSSR count). The van der Waals surface area contributed by atoms with Crippen LogP contribution in [0.2, 0.25) is 0 Å². The first-order valence-electron chi connectivity index (χ1n) is 19.0. The zero-order chi connectivity index (χ0) is 44.7. The van der Waals surface area contributed by atoms with E-state index < -0.39 is 62.8 Å². The second kappa shape index (κ2) is 20.0. The molecular formula is C42H40ClN2Na3O12S4. The Morgan fingerprint density at radius 2 is 1.22 bits per heavy atom. The van der Waals surface area contributed by atoms with E-state index >= 15 is 0 Å². The summed E-state index contributed by atoms with van der Waals surface area (Å²) in [6.07, 6.45) is 9.23. The second-order valence-corrected chi connectivity index (χ2v) is 22.5. The van der Waals surface area contributed by atoms with Crippen LogP contribution in [0, 0.1) is 0 Å². The van der Waals surface area contributed by atoms with Gasteiger partial charge in [-0.05, 0) is 114 Å². The molecule has 0 atom stereocenters. The van der Waals surface area contributed by atoms with E-state index in [9.17, 15) is 51.9 Å². The Balaban J connectivity index is 0.00000299. The van der Waals surface area contributed by atoms with E-state index in [1.807, 2.05) is 52.0 Å². The van der Waals surface area contributed by atoms with Gasteiger partial charge in [-0.2, -0.15) is 4.58 Å². The van der Waals surface area contributed by atoms with Gasteiger partial charge < -0.3 is 23.1 Å². The van der Waals surface area contributed by atoms with Crippen molar-refractivity contribution in [2.45, 2.75) is 67.6 Å². The first-order chi connectivity index (χ1) is 28.2. The van der Waals surface area contributed by atoms with Gasteiger partial charge in [-0.1, -0.05) is 55.8 Å². The Morgan fingerprint density at radius 1 is 0.672 bits per heavy atom. The molecule has 14 nitrogen and oxygen atoms in total. The summed E-state index contributed by atoms with van der Waals surface area (Å²) in [5.74, 6) is -1.37. The molecule has 0 aromatic heterocycles. The van der Waals surface area contributed by atoms with E-state index in [1.54, 1.807) is 45.9 Å². The van der Waals surface area contributed by atoms with E-state index in [2.05, 4.69) is 0 Å².